The molecule has 0 bridgehead atoms. The molecule has 4 heteroatoms. The van der Waals surface area contributed by atoms with Crippen molar-refractivity contribution in [2.24, 2.45) is 11.8 Å². The van der Waals surface area contributed by atoms with Crippen LogP contribution in [-0.2, 0) is 4.79 Å². The summed E-state index contributed by atoms with van der Waals surface area (Å²) in [6.45, 7) is 12.2. The molecule has 1 aliphatic rings. The summed E-state index contributed by atoms with van der Waals surface area (Å²) in [5.41, 5.74) is 0. The van der Waals surface area contributed by atoms with E-state index in [1.54, 1.807) is 0 Å². The highest BCUT2D eigenvalue weighted by Gasteiger charge is 2.17. The number of piperidine rings is 1. The molecule has 1 saturated heterocycles. The van der Waals surface area contributed by atoms with E-state index < -0.39 is 0 Å². The van der Waals surface area contributed by atoms with Crippen molar-refractivity contribution in [3.63, 3.8) is 0 Å². The number of likely N-dealkylation sites (tertiary alicyclic amines) is 1. The Morgan fingerprint density at radius 1 is 1.33 bits per heavy atom. The van der Waals surface area contributed by atoms with Crippen molar-refractivity contribution >= 4 is 5.91 Å². The molecule has 1 amide bonds. The first-order valence-corrected chi connectivity index (χ1v) is 7.31. The minimum Gasteiger partial charge on any atom is -0.355 e. The molecular formula is C14H29N3O. The van der Waals surface area contributed by atoms with Crippen LogP contribution in [0.25, 0.3) is 0 Å². The summed E-state index contributed by atoms with van der Waals surface area (Å²) in [6.07, 6.45) is 2.52. The Kier molecular flexibility index (Phi) is 7.28. The minimum absolute atomic E-state index is 0.120. The lowest BCUT2D eigenvalue weighted by atomic mass is 9.97. The SMILES string of the molecule is CCN1CCC(CNCC(=O)NCC(C)C)CC1. The van der Waals surface area contributed by atoms with Crippen molar-refractivity contribution in [1.29, 1.82) is 0 Å². The fourth-order valence-electron chi connectivity index (χ4n) is 2.28. The maximum atomic E-state index is 11.5. The highest BCUT2D eigenvalue weighted by molar-refractivity contribution is 5.77. The Morgan fingerprint density at radius 2 is 2.00 bits per heavy atom. The molecule has 2 N–H and O–H groups in total. The largest absolute Gasteiger partial charge is 0.355 e. The van der Waals surface area contributed by atoms with Gasteiger partial charge in [-0.3, -0.25) is 4.79 Å². The quantitative estimate of drug-likeness (QED) is 0.715. The fraction of sp³-hybridized carbons (Fsp3) is 0.929. The van der Waals surface area contributed by atoms with Gasteiger partial charge in [-0.05, 0) is 50.9 Å². The van der Waals surface area contributed by atoms with Crippen molar-refractivity contribution in [1.82, 2.24) is 15.5 Å². The van der Waals surface area contributed by atoms with Crippen LogP contribution in [0.15, 0.2) is 0 Å². The van der Waals surface area contributed by atoms with Crippen LogP contribution < -0.4 is 10.6 Å². The minimum atomic E-state index is 0.120. The summed E-state index contributed by atoms with van der Waals surface area (Å²) in [6, 6.07) is 0. The van der Waals surface area contributed by atoms with E-state index in [-0.39, 0.29) is 5.91 Å². The van der Waals surface area contributed by atoms with Gasteiger partial charge in [-0.2, -0.15) is 0 Å². The predicted octanol–water partition coefficient (Wildman–Crippen LogP) is 1.08. The summed E-state index contributed by atoms with van der Waals surface area (Å²) in [5.74, 6) is 1.38. The zero-order valence-electron chi connectivity index (χ0n) is 12.2. The number of rotatable bonds is 7. The average Bonchev–Trinajstić information content (AvgIpc) is 2.37. The Morgan fingerprint density at radius 3 is 2.56 bits per heavy atom. The Hall–Kier alpha value is -0.610. The second-order valence-electron chi connectivity index (χ2n) is 5.71. The van der Waals surface area contributed by atoms with Gasteiger partial charge in [-0.1, -0.05) is 20.8 Å². The van der Waals surface area contributed by atoms with E-state index in [2.05, 4.69) is 36.3 Å². The summed E-state index contributed by atoms with van der Waals surface area (Å²) in [5, 5.41) is 6.21. The maximum absolute atomic E-state index is 11.5. The molecule has 0 aromatic heterocycles. The monoisotopic (exact) mass is 255 g/mol. The average molecular weight is 255 g/mol. The number of carbonyl (C=O) groups is 1. The van der Waals surface area contributed by atoms with Crippen LogP contribution in [0, 0.1) is 11.8 Å². The van der Waals surface area contributed by atoms with Crippen LogP contribution in [0.3, 0.4) is 0 Å². The van der Waals surface area contributed by atoms with Gasteiger partial charge in [0.25, 0.3) is 0 Å². The van der Waals surface area contributed by atoms with Crippen LogP contribution in [-0.4, -0.2) is 50.1 Å². The highest BCUT2D eigenvalue weighted by atomic mass is 16.1. The molecule has 0 atom stereocenters. The van der Waals surface area contributed by atoms with Crippen LogP contribution in [0.5, 0.6) is 0 Å². The molecule has 4 nitrogen and oxygen atoms in total. The third-order valence-corrected chi connectivity index (χ3v) is 3.58. The topological polar surface area (TPSA) is 44.4 Å². The van der Waals surface area contributed by atoms with Crippen molar-refractivity contribution in [2.75, 3.05) is 39.3 Å². The second-order valence-corrected chi connectivity index (χ2v) is 5.71. The Balaban J connectivity index is 2.02. The van der Waals surface area contributed by atoms with Gasteiger partial charge in [0.15, 0.2) is 0 Å². The first kappa shape index (κ1) is 15.4. The number of hydrogen-bond donors (Lipinski definition) is 2. The number of nitrogens with zero attached hydrogens (tertiary/aromatic N) is 1. The molecule has 0 spiro atoms. The normalized spacial score (nSPS) is 18.2. The first-order valence-electron chi connectivity index (χ1n) is 7.31. The molecule has 0 unspecified atom stereocenters. The Bertz CT molecular complexity index is 235. The first-order chi connectivity index (χ1) is 8.61. The lowest BCUT2D eigenvalue weighted by molar-refractivity contribution is -0.120. The summed E-state index contributed by atoms with van der Waals surface area (Å²) < 4.78 is 0. The van der Waals surface area contributed by atoms with Crippen LogP contribution in [0.2, 0.25) is 0 Å². The maximum Gasteiger partial charge on any atom is 0.233 e. The summed E-state index contributed by atoms with van der Waals surface area (Å²) in [7, 11) is 0. The molecule has 0 aromatic rings. The fourth-order valence-corrected chi connectivity index (χ4v) is 2.28. The van der Waals surface area contributed by atoms with E-state index >= 15 is 0 Å². The molecule has 1 aliphatic heterocycles. The van der Waals surface area contributed by atoms with Gasteiger partial charge < -0.3 is 15.5 Å². The van der Waals surface area contributed by atoms with Gasteiger partial charge in [0.2, 0.25) is 5.91 Å². The third-order valence-electron chi connectivity index (χ3n) is 3.58. The van der Waals surface area contributed by atoms with Crippen molar-refractivity contribution in [2.45, 2.75) is 33.6 Å². The van der Waals surface area contributed by atoms with E-state index in [4.69, 9.17) is 0 Å². The molecule has 0 aromatic carbocycles. The smallest absolute Gasteiger partial charge is 0.233 e. The van der Waals surface area contributed by atoms with E-state index in [9.17, 15) is 4.79 Å². The molecule has 1 fully saturated rings. The highest BCUT2D eigenvalue weighted by Crippen LogP contribution is 2.15. The molecule has 106 valence electrons. The predicted molar refractivity (Wildman–Crippen MR) is 75.6 cm³/mol. The van der Waals surface area contributed by atoms with E-state index in [1.165, 1.54) is 25.9 Å². The van der Waals surface area contributed by atoms with E-state index in [1.807, 2.05) is 0 Å². The third kappa shape index (κ3) is 6.36. The standard InChI is InChI=1S/C14H29N3O/c1-4-17-7-5-13(6-8-17)10-15-11-14(18)16-9-12(2)3/h12-13,15H,4-11H2,1-3H3,(H,16,18). The van der Waals surface area contributed by atoms with Gasteiger partial charge in [0, 0.05) is 6.54 Å². The zero-order chi connectivity index (χ0) is 13.4. The lowest BCUT2D eigenvalue weighted by Crippen LogP contribution is -2.40. The molecule has 0 aliphatic carbocycles. The summed E-state index contributed by atoms with van der Waals surface area (Å²) in [4.78, 5) is 14.0. The number of hydrogen-bond acceptors (Lipinski definition) is 3. The molecule has 1 heterocycles. The molecule has 0 saturated carbocycles. The molecule has 18 heavy (non-hydrogen) atoms. The van der Waals surface area contributed by atoms with Crippen LogP contribution in [0.1, 0.15) is 33.6 Å². The number of carbonyl (C=O) groups excluding carboxylic acids is 1. The summed E-state index contributed by atoms with van der Waals surface area (Å²) >= 11 is 0. The molecule has 0 radical (unpaired) electrons. The van der Waals surface area contributed by atoms with E-state index in [0.29, 0.717) is 12.5 Å². The lowest BCUT2D eigenvalue weighted by Gasteiger charge is -2.31. The van der Waals surface area contributed by atoms with Crippen molar-refractivity contribution in [3.8, 4) is 0 Å². The second kappa shape index (κ2) is 8.48. The number of amides is 1. The molecule has 1 rings (SSSR count). The number of nitrogens with one attached hydrogen (secondary N) is 2. The van der Waals surface area contributed by atoms with E-state index in [0.717, 1.165) is 25.6 Å². The zero-order valence-corrected chi connectivity index (χ0v) is 12.2. The molecular weight excluding hydrogens is 226 g/mol. The van der Waals surface area contributed by atoms with Gasteiger partial charge in [0.1, 0.15) is 0 Å². The van der Waals surface area contributed by atoms with Crippen LogP contribution >= 0.6 is 0 Å². The van der Waals surface area contributed by atoms with Gasteiger partial charge in [-0.15, -0.1) is 0 Å². The van der Waals surface area contributed by atoms with Gasteiger partial charge >= 0.3 is 0 Å². The van der Waals surface area contributed by atoms with Gasteiger partial charge in [-0.25, -0.2) is 0 Å². The van der Waals surface area contributed by atoms with Crippen molar-refractivity contribution < 1.29 is 4.79 Å². The van der Waals surface area contributed by atoms with Gasteiger partial charge in [0.05, 0.1) is 6.54 Å². The Labute approximate surface area is 111 Å². The van der Waals surface area contributed by atoms with Crippen LogP contribution in [0.4, 0.5) is 0 Å². The van der Waals surface area contributed by atoms with Crippen molar-refractivity contribution in [3.05, 3.63) is 0 Å².